The first-order valence-electron chi connectivity index (χ1n) is 7.05. The summed E-state index contributed by atoms with van der Waals surface area (Å²) >= 11 is 1.66. The quantitative estimate of drug-likeness (QED) is 0.774. The lowest BCUT2D eigenvalue weighted by atomic mass is 9.91. The Morgan fingerprint density at radius 2 is 1.90 bits per heavy atom. The molecule has 0 saturated carbocycles. The lowest BCUT2D eigenvalue weighted by Gasteiger charge is -2.16. The average Bonchev–Trinajstić information content (AvgIpc) is 2.91. The molecule has 0 aliphatic rings. The second-order valence-corrected chi connectivity index (χ2v) is 7.21. The minimum Gasteiger partial charge on any atom is -0.326 e. The van der Waals surface area contributed by atoms with E-state index in [1.54, 1.807) is 11.3 Å². The highest BCUT2D eigenvalue weighted by Gasteiger charge is 2.23. The minimum atomic E-state index is -0.00592. The van der Waals surface area contributed by atoms with Gasteiger partial charge in [0, 0.05) is 28.4 Å². The molecule has 3 nitrogen and oxygen atoms in total. The summed E-state index contributed by atoms with van der Waals surface area (Å²) in [5.74, 6) is 0. The van der Waals surface area contributed by atoms with Crippen LogP contribution >= 0.6 is 11.3 Å². The monoisotopic (exact) mass is 297 g/mol. The average molecular weight is 297 g/mol. The maximum Gasteiger partial charge on any atom is 0.143 e. The molecule has 2 N–H and O–H groups in total. The molecular formula is C17H19N3S. The van der Waals surface area contributed by atoms with Crippen LogP contribution in [0.1, 0.15) is 31.3 Å². The van der Waals surface area contributed by atoms with Crippen LogP contribution in [0.4, 0.5) is 0 Å². The Bertz CT molecular complexity index is 779. The number of thiazole rings is 1. The Morgan fingerprint density at radius 3 is 2.57 bits per heavy atom. The van der Waals surface area contributed by atoms with Crippen LogP contribution in [0.5, 0.6) is 0 Å². The van der Waals surface area contributed by atoms with Gasteiger partial charge in [-0.15, -0.1) is 11.3 Å². The predicted octanol–water partition coefficient (Wildman–Crippen LogP) is 4.11. The van der Waals surface area contributed by atoms with Crippen LogP contribution in [-0.2, 0) is 12.0 Å². The molecule has 0 saturated heterocycles. The van der Waals surface area contributed by atoms with Crippen LogP contribution in [-0.4, -0.2) is 9.97 Å². The molecule has 0 aliphatic carbocycles. The summed E-state index contributed by atoms with van der Waals surface area (Å²) in [5, 5.41) is 3.28. The van der Waals surface area contributed by atoms with E-state index in [0.717, 1.165) is 26.7 Å². The molecule has 108 valence electrons. The standard InChI is InChI=1S/C17H19N3S/c1-17(2,3)15-13(10-18)21-16(20-15)14-12-7-5-4-6-11(12)8-9-19-14/h4-9H,10,18H2,1-3H3. The van der Waals surface area contributed by atoms with Crippen molar-refractivity contribution in [3.63, 3.8) is 0 Å². The third-order valence-electron chi connectivity index (χ3n) is 3.47. The van der Waals surface area contributed by atoms with E-state index in [0.29, 0.717) is 6.54 Å². The van der Waals surface area contributed by atoms with Gasteiger partial charge in [-0.05, 0) is 11.5 Å². The van der Waals surface area contributed by atoms with E-state index >= 15 is 0 Å². The predicted molar refractivity (Wildman–Crippen MR) is 89.4 cm³/mol. The van der Waals surface area contributed by atoms with Gasteiger partial charge in [0.05, 0.1) is 5.69 Å². The van der Waals surface area contributed by atoms with Crippen molar-refractivity contribution >= 4 is 22.1 Å². The molecule has 3 aromatic rings. The van der Waals surface area contributed by atoms with Gasteiger partial charge in [-0.1, -0.05) is 45.0 Å². The van der Waals surface area contributed by atoms with Crippen molar-refractivity contribution in [3.8, 4) is 10.7 Å². The van der Waals surface area contributed by atoms with Crippen LogP contribution in [0.2, 0.25) is 0 Å². The fraction of sp³-hybridized carbons (Fsp3) is 0.294. The van der Waals surface area contributed by atoms with Gasteiger partial charge in [0.1, 0.15) is 10.7 Å². The van der Waals surface area contributed by atoms with Crippen LogP contribution in [0.3, 0.4) is 0 Å². The summed E-state index contributed by atoms with van der Waals surface area (Å²) in [7, 11) is 0. The SMILES string of the molecule is CC(C)(C)c1nc(-c2nccc3ccccc23)sc1CN. The molecule has 0 amide bonds. The van der Waals surface area contributed by atoms with Crippen LogP contribution in [0, 0.1) is 0 Å². The lowest BCUT2D eigenvalue weighted by Crippen LogP contribution is -2.15. The second kappa shape index (κ2) is 5.20. The van der Waals surface area contributed by atoms with E-state index in [-0.39, 0.29) is 5.41 Å². The molecular weight excluding hydrogens is 278 g/mol. The maximum atomic E-state index is 5.90. The highest BCUT2D eigenvalue weighted by Crippen LogP contribution is 2.35. The molecule has 2 aromatic heterocycles. The number of nitrogens with zero attached hydrogens (tertiary/aromatic N) is 2. The zero-order valence-electron chi connectivity index (χ0n) is 12.6. The van der Waals surface area contributed by atoms with Crippen molar-refractivity contribution in [3.05, 3.63) is 47.1 Å². The molecule has 0 unspecified atom stereocenters. The number of fused-ring (bicyclic) bond motifs is 1. The van der Waals surface area contributed by atoms with Crippen molar-refractivity contribution in [2.24, 2.45) is 5.73 Å². The maximum absolute atomic E-state index is 5.90. The fourth-order valence-electron chi connectivity index (χ4n) is 2.47. The topological polar surface area (TPSA) is 51.8 Å². The van der Waals surface area contributed by atoms with Gasteiger partial charge in [0.25, 0.3) is 0 Å². The minimum absolute atomic E-state index is 0.00592. The zero-order valence-corrected chi connectivity index (χ0v) is 13.4. The first-order chi connectivity index (χ1) is 10.0. The van der Waals surface area contributed by atoms with Gasteiger partial charge in [-0.3, -0.25) is 4.98 Å². The van der Waals surface area contributed by atoms with Gasteiger partial charge in [-0.25, -0.2) is 4.98 Å². The molecule has 0 bridgehead atoms. The van der Waals surface area contributed by atoms with E-state index in [2.05, 4.69) is 37.9 Å². The van der Waals surface area contributed by atoms with Gasteiger partial charge < -0.3 is 5.73 Å². The van der Waals surface area contributed by atoms with Crippen molar-refractivity contribution in [1.29, 1.82) is 0 Å². The van der Waals surface area contributed by atoms with Crippen LogP contribution in [0.15, 0.2) is 36.5 Å². The molecule has 0 aliphatic heterocycles. The summed E-state index contributed by atoms with van der Waals surface area (Å²) in [6.07, 6.45) is 1.85. The molecule has 3 rings (SSSR count). The summed E-state index contributed by atoms with van der Waals surface area (Å²) in [6, 6.07) is 10.3. The fourth-order valence-corrected chi connectivity index (χ4v) is 3.63. The van der Waals surface area contributed by atoms with Crippen molar-refractivity contribution in [2.75, 3.05) is 0 Å². The summed E-state index contributed by atoms with van der Waals surface area (Å²) in [4.78, 5) is 10.5. The summed E-state index contributed by atoms with van der Waals surface area (Å²) in [6.45, 7) is 7.03. The first kappa shape index (κ1) is 14.2. The molecule has 0 fully saturated rings. The molecule has 4 heteroatoms. The van der Waals surface area contributed by atoms with E-state index in [4.69, 9.17) is 10.7 Å². The number of hydrogen-bond donors (Lipinski definition) is 1. The molecule has 0 atom stereocenters. The third-order valence-corrected chi connectivity index (χ3v) is 4.55. The van der Waals surface area contributed by atoms with Gasteiger partial charge in [0.15, 0.2) is 0 Å². The zero-order chi connectivity index (χ0) is 15.0. The van der Waals surface area contributed by atoms with Gasteiger partial charge in [0.2, 0.25) is 0 Å². The normalized spacial score (nSPS) is 12.0. The Balaban J connectivity index is 2.22. The second-order valence-electron chi connectivity index (χ2n) is 6.13. The van der Waals surface area contributed by atoms with Crippen molar-refractivity contribution < 1.29 is 0 Å². The smallest absolute Gasteiger partial charge is 0.143 e. The van der Waals surface area contributed by atoms with Crippen molar-refractivity contribution in [2.45, 2.75) is 32.7 Å². The first-order valence-corrected chi connectivity index (χ1v) is 7.86. The highest BCUT2D eigenvalue weighted by atomic mass is 32.1. The summed E-state index contributed by atoms with van der Waals surface area (Å²) in [5.41, 5.74) is 7.93. The number of pyridine rings is 1. The van der Waals surface area contributed by atoms with Crippen LogP contribution in [0.25, 0.3) is 21.5 Å². The van der Waals surface area contributed by atoms with E-state index in [1.165, 1.54) is 5.39 Å². The van der Waals surface area contributed by atoms with E-state index in [1.807, 2.05) is 24.4 Å². The highest BCUT2D eigenvalue weighted by molar-refractivity contribution is 7.15. The van der Waals surface area contributed by atoms with Gasteiger partial charge in [-0.2, -0.15) is 0 Å². The Hall–Kier alpha value is -1.78. The number of nitrogens with two attached hydrogens (primary N) is 1. The Kier molecular flexibility index (Phi) is 3.51. The molecule has 1 aromatic carbocycles. The Labute approximate surface area is 128 Å². The van der Waals surface area contributed by atoms with Gasteiger partial charge >= 0.3 is 0 Å². The van der Waals surface area contributed by atoms with E-state index < -0.39 is 0 Å². The Morgan fingerprint density at radius 1 is 1.14 bits per heavy atom. The number of rotatable bonds is 2. The molecule has 0 radical (unpaired) electrons. The third kappa shape index (κ3) is 2.57. The van der Waals surface area contributed by atoms with E-state index in [9.17, 15) is 0 Å². The molecule has 0 spiro atoms. The van der Waals surface area contributed by atoms with Crippen molar-refractivity contribution in [1.82, 2.24) is 9.97 Å². The van der Waals surface area contributed by atoms with Crippen LogP contribution < -0.4 is 5.73 Å². The number of aromatic nitrogens is 2. The number of hydrogen-bond acceptors (Lipinski definition) is 4. The summed E-state index contributed by atoms with van der Waals surface area (Å²) < 4.78 is 0. The molecule has 2 heterocycles. The molecule has 21 heavy (non-hydrogen) atoms. The number of benzene rings is 1. The lowest BCUT2D eigenvalue weighted by molar-refractivity contribution is 0.567. The largest absolute Gasteiger partial charge is 0.326 e.